The largest absolute Gasteiger partial charge is 0.416 e. The van der Waals surface area contributed by atoms with Crippen LogP contribution >= 0.6 is 0 Å². The Labute approximate surface area is 89.2 Å². The highest BCUT2D eigenvalue weighted by Crippen LogP contribution is 2.28. The van der Waals surface area contributed by atoms with E-state index < -0.39 is 11.7 Å². The van der Waals surface area contributed by atoms with Crippen molar-refractivity contribution in [3.63, 3.8) is 0 Å². The summed E-state index contributed by atoms with van der Waals surface area (Å²) in [4.78, 5) is 0. The van der Waals surface area contributed by atoms with Crippen LogP contribution in [-0.4, -0.2) is 6.18 Å². The zero-order valence-corrected chi connectivity index (χ0v) is 9.36. The lowest BCUT2D eigenvalue weighted by Crippen LogP contribution is -2.10. The molecule has 0 aliphatic rings. The zero-order valence-electron chi connectivity index (χ0n) is 9.36. The lowest BCUT2D eigenvalue weighted by molar-refractivity contribution is -0.0883. The van der Waals surface area contributed by atoms with E-state index in [1.54, 1.807) is 0 Å². The molecule has 0 amide bonds. The third-order valence-corrected chi connectivity index (χ3v) is 1.89. The van der Waals surface area contributed by atoms with E-state index in [-0.39, 0.29) is 0 Å². The fourth-order valence-electron chi connectivity index (χ4n) is 1.20. The maximum absolute atomic E-state index is 12.4. The zero-order chi connectivity index (χ0) is 12.1. The predicted octanol–water partition coefficient (Wildman–Crippen LogP) is 4.65. The highest BCUT2D eigenvalue weighted by Gasteiger charge is 2.31. The standard InChI is InChI=1S/C12H17F3/c1-5-10(7-9(3)4)8-11(6-2)12(13,14)15/h5-6,8-9H,1,7H2,2-4H3/b10-8+,11-6+. The molecule has 0 saturated heterocycles. The lowest BCUT2D eigenvalue weighted by atomic mass is 10.0. The summed E-state index contributed by atoms with van der Waals surface area (Å²) in [5.74, 6) is 0.320. The first kappa shape index (κ1) is 14.0. The van der Waals surface area contributed by atoms with Crippen molar-refractivity contribution >= 4 is 0 Å². The summed E-state index contributed by atoms with van der Waals surface area (Å²) in [7, 11) is 0. The Hall–Kier alpha value is -0.990. The maximum atomic E-state index is 12.4. The molecular weight excluding hydrogens is 201 g/mol. The lowest BCUT2D eigenvalue weighted by Gasteiger charge is -2.10. The summed E-state index contributed by atoms with van der Waals surface area (Å²) >= 11 is 0. The highest BCUT2D eigenvalue weighted by atomic mass is 19.4. The molecule has 0 fully saturated rings. The van der Waals surface area contributed by atoms with E-state index >= 15 is 0 Å². The molecule has 0 radical (unpaired) electrons. The molecule has 0 atom stereocenters. The van der Waals surface area contributed by atoms with Crippen LogP contribution in [0.25, 0.3) is 0 Å². The van der Waals surface area contributed by atoms with Gasteiger partial charge in [-0.15, -0.1) is 0 Å². The number of rotatable bonds is 4. The Balaban J connectivity index is 4.89. The van der Waals surface area contributed by atoms with E-state index in [0.29, 0.717) is 17.9 Å². The Morgan fingerprint density at radius 1 is 1.33 bits per heavy atom. The molecule has 0 bridgehead atoms. The van der Waals surface area contributed by atoms with Crippen LogP contribution in [0.4, 0.5) is 13.2 Å². The molecular formula is C12H17F3. The van der Waals surface area contributed by atoms with E-state index in [1.165, 1.54) is 13.0 Å². The van der Waals surface area contributed by atoms with Crippen molar-refractivity contribution in [3.8, 4) is 0 Å². The number of hydrogen-bond acceptors (Lipinski definition) is 0. The van der Waals surface area contributed by atoms with Crippen LogP contribution in [0.15, 0.2) is 36.0 Å². The molecule has 0 aliphatic heterocycles. The molecule has 0 spiro atoms. The maximum Gasteiger partial charge on any atom is 0.416 e. The molecule has 15 heavy (non-hydrogen) atoms. The van der Waals surface area contributed by atoms with Crippen molar-refractivity contribution < 1.29 is 13.2 Å². The summed E-state index contributed by atoms with van der Waals surface area (Å²) in [5.41, 5.74) is 0.00785. The van der Waals surface area contributed by atoms with Gasteiger partial charge in [-0.3, -0.25) is 0 Å². The van der Waals surface area contributed by atoms with Gasteiger partial charge in [0.1, 0.15) is 0 Å². The molecule has 0 aromatic carbocycles. The molecule has 0 aromatic rings. The van der Waals surface area contributed by atoms with Gasteiger partial charge >= 0.3 is 6.18 Å². The van der Waals surface area contributed by atoms with Gasteiger partial charge in [-0.2, -0.15) is 13.2 Å². The summed E-state index contributed by atoms with van der Waals surface area (Å²) in [6.45, 7) is 8.82. The SMILES string of the molecule is C=C/C(=C\C(=C/C)C(F)(F)F)CC(C)C. The van der Waals surface area contributed by atoms with Gasteiger partial charge < -0.3 is 0 Å². The van der Waals surface area contributed by atoms with Crippen LogP contribution in [0.3, 0.4) is 0 Å². The monoisotopic (exact) mass is 218 g/mol. The number of alkyl halides is 3. The van der Waals surface area contributed by atoms with Gasteiger partial charge in [0.2, 0.25) is 0 Å². The normalized spacial score (nSPS) is 14.6. The number of hydrogen-bond donors (Lipinski definition) is 0. The summed E-state index contributed by atoms with van der Waals surface area (Å²) in [6, 6.07) is 0. The molecule has 0 unspecified atom stereocenters. The quantitative estimate of drug-likeness (QED) is 0.602. The molecule has 0 aliphatic carbocycles. The van der Waals surface area contributed by atoms with Crippen LogP contribution in [0, 0.1) is 5.92 Å². The minimum Gasteiger partial charge on any atom is -0.166 e. The van der Waals surface area contributed by atoms with E-state index in [2.05, 4.69) is 6.58 Å². The van der Waals surface area contributed by atoms with Gasteiger partial charge in [0.15, 0.2) is 0 Å². The first-order chi connectivity index (χ1) is 6.81. The van der Waals surface area contributed by atoms with Crippen molar-refractivity contribution in [2.75, 3.05) is 0 Å². The molecule has 3 heteroatoms. The average Bonchev–Trinajstić information content (AvgIpc) is 2.09. The molecule has 0 N–H and O–H groups in total. The molecule has 0 saturated carbocycles. The van der Waals surface area contributed by atoms with Crippen LogP contribution in [0.2, 0.25) is 0 Å². The van der Waals surface area contributed by atoms with Gasteiger partial charge in [-0.25, -0.2) is 0 Å². The minimum atomic E-state index is -4.28. The minimum absolute atomic E-state index is 0.320. The topological polar surface area (TPSA) is 0 Å². The van der Waals surface area contributed by atoms with Gasteiger partial charge in [-0.05, 0) is 30.9 Å². The Kier molecular flexibility index (Phi) is 5.40. The molecule has 0 heterocycles. The first-order valence-electron chi connectivity index (χ1n) is 4.87. The van der Waals surface area contributed by atoms with Crippen LogP contribution < -0.4 is 0 Å². The van der Waals surface area contributed by atoms with E-state index in [1.807, 2.05) is 13.8 Å². The summed E-state index contributed by atoms with van der Waals surface area (Å²) in [5, 5.41) is 0. The van der Waals surface area contributed by atoms with E-state index in [9.17, 15) is 13.2 Å². The van der Waals surface area contributed by atoms with E-state index in [4.69, 9.17) is 0 Å². The van der Waals surface area contributed by atoms with Crippen LogP contribution in [-0.2, 0) is 0 Å². The van der Waals surface area contributed by atoms with Crippen molar-refractivity contribution in [1.82, 2.24) is 0 Å². The van der Waals surface area contributed by atoms with Crippen molar-refractivity contribution in [1.29, 1.82) is 0 Å². The molecule has 0 nitrogen and oxygen atoms in total. The van der Waals surface area contributed by atoms with Gasteiger partial charge in [0.05, 0.1) is 5.57 Å². The third kappa shape index (κ3) is 5.45. The fourth-order valence-corrected chi connectivity index (χ4v) is 1.20. The Bertz CT molecular complexity index is 267. The Morgan fingerprint density at radius 2 is 1.87 bits per heavy atom. The van der Waals surface area contributed by atoms with Gasteiger partial charge in [0, 0.05) is 0 Å². The first-order valence-corrected chi connectivity index (χ1v) is 4.87. The highest BCUT2D eigenvalue weighted by molar-refractivity contribution is 5.32. The number of halogens is 3. The van der Waals surface area contributed by atoms with Crippen molar-refractivity contribution in [2.24, 2.45) is 5.92 Å². The predicted molar refractivity (Wildman–Crippen MR) is 57.5 cm³/mol. The fraction of sp³-hybridized carbons (Fsp3) is 0.500. The van der Waals surface area contributed by atoms with Gasteiger partial charge in [-0.1, -0.05) is 32.6 Å². The van der Waals surface area contributed by atoms with Crippen molar-refractivity contribution in [3.05, 3.63) is 36.0 Å². The number of allylic oxidation sites excluding steroid dienone is 5. The smallest absolute Gasteiger partial charge is 0.166 e. The second-order valence-corrected chi connectivity index (χ2v) is 3.76. The second-order valence-electron chi connectivity index (χ2n) is 3.76. The molecule has 0 rings (SSSR count). The van der Waals surface area contributed by atoms with Gasteiger partial charge in [0.25, 0.3) is 0 Å². The average molecular weight is 218 g/mol. The molecule has 86 valence electrons. The van der Waals surface area contributed by atoms with Crippen LogP contribution in [0.5, 0.6) is 0 Å². The summed E-state index contributed by atoms with van der Waals surface area (Å²) < 4.78 is 37.2. The Morgan fingerprint density at radius 3 is 2.13 bits per heavy atom. The van der Waals surface area contributed by atoms with Crippen LogP contribution in [0.1, 0.15) is 27.2 Å². The summed E-state index contributed by atoms with van der Waals surface area (Å²) in [6.07, 6.45) is 0.0446. The third-order valence-electron chi connectivity index (χ3n) is 1.89. The second kappa shape index (κ2) is 5.79. The van der Waals surface area contributed by atoms with Crippen molar-refractivity contribution in [2.45, 2.75) is 33.4 Å². The molecule has 0 aromatic heterocycles. The van der Waals surface area contributed by atoms with E-state index in [0.717, 1.165) is 12.2 Å².